The van der Waals surface area contributed by atoms with Crippen LogP contribution in [-0.4, -0.2) is 18.1 Å². The van der Waals surface area contributed by atoms with Crippen molar-refractivity contribution in [2.24, 2.45) is 0 Å². The molecule has 1 N–H and O–H groups in total. The van der Waals surface area contributed by atoms with E-state index in [0.29, 0.717) is 5.92 Å². The summed E-state index contributed by atoms with van der Waals surface area (Å²) in [6, 6.07) is 8.45. The molecule has 0 saturated carbocycles. The Morgan fingerprint density at radius 2 is 2.12 bits per heavy atom. The SMILES string of the molecule is c1ccc2sc(C3CCCNCC3)nc2c1. The monoisotopic (exact) mass is 232 g/mol. The normalized spacial score (nSPS) is 22.1. The van der Waals surface area contributed by atoms with Gasteiger partial charge in [0, 0.05) is 5.92 Å². The second-order valence-corrected chi connectivity index (χ2v) is 5.46. The average molecular weight is 232 g/mol. The van der Waals surface area contributed by atoms with Crippen molar-refractivity contribution >= 4 is 21.6 Å². The molecule has 0 radical (unpaired) electrons. The third-order valence-electron chi connectivity index (χ3n) is 3.24. The fraction of sp³-hybridized carbons (Fsp3) is 0.462. The molecule has 1 aromatic heterocycles. The van der Waals surface area contributed by atoms with E-state index in [4.69, 9.17) is 4.98 Å². The Morgan fingerprint density at radius 3 is 3.06 bits per heavy atom. The van der Waals surface area contributed by atoms with Gasteiger partial charge in [0.25, 0.3) is 0 Å². The maximum Gasteiger partial charge on any atom is 0.0969 e. The summed E-state index contributed by atoms with van der Waals surface area (Å²) in [5.74, 6) is 0.674. The van der Waals surface area contributed by atoms with Crippen LogP contribution in [0.1, 0.15) is 30.2 Å². The third-order valence-corrected chi connectivity index (χ3v) is 4.43. The predicted octanol–water partition coefficient (Wildman–Crippen LogP) is 3.15. The van der Waals surface area contributed by atoms with Crippen LogP contribution in [0.4, 0.5) is 0 Å². The van der Waals surface area contributed by atoms with E-state index < -0.39 is 0 Å². The average Bonchev–Trinajstić information content (AvgIpc) is 2.56. The van der Waals surface area contributed by atoms with Gasteiger partial charge in [0.05, 0.1) is 15.2 Å². The van der Waals surface area contributed by atoms with Crippen molar-refractivity contribution in [3.05, 3.63) is 29.3 Å². The minimum Gasteiger partial charge on any atom is -0.317 e. The minimum absolute atomic E-state index is 0.674. The molecule has 3 rings (SSSR count). The Bertz CT molecular complexity index is 436. The Morgan fingerprint density at radius 1 is 1.19 bits per heavy atom. The molecule has 1 saturated heterocycles. The van der Waals surface area contributed by atoms with E-state index >= 15 is 0 Å². The Balaban J connectivity index is 1.92. The molecule has 16 heavy (non-hydrogen) atoms. The molecule has 1 atom stereocenters. The van der Waals surface area contributed by atoms with E-state index in [-0.39, 0.29) is 0 Å². The number of hydrogen-bond donors (Lipinski definition) is 1. The first kappa shape index (κ1) is 10.2. The first-order chi connectivity index (χ1) is 7.93. The van der Waals surface area contributed by atoms with E-state index in [9.17, 15) is 0 Å². The molecule has 0 amide bonds. The second-order valence-electron chi connectivity index (χ2n) is 4.40. The number of rotatable bonds is 1. The van der Waals surface area contributed by atoms with E-state index in [0.717, 1.165) is 6.54 Å². The summed E-state index contributed by atoms with van der Waals surface area (Å²) in [4.78, 5) is 4.77. The number of nitrogens with one attached hydrogen (secondary N) is 1. The van der Waals surface area contributed by atoms with Crippen LogP contribution in [0.15, 0.2) is 24.3 Å². The van der Waals surface area contributed by atoms with Gasteiger partial charge in [0.2, 0.25) is 0 Å². The van der Waals surface area contributed by atoms with Gasteiger partial charge in [-0.1, -0.05) is 12.1 Å². The van der Waals surface area contributed by atoms with Crippen LogP contribution in [0.3, 0.4) is 0 Å². The summed E-state index contributed by atoms with van der Waals surface area (Å²) >= 11 is 1.87. The number of thiazole rings is 1. The lowest BCUT2D eigenvalue weighted by Crippen LogP contribution is -2.13. The van der Waals surface area contributed by atoms with Gasteiger partial charge in [-0.15, -0.1) is 11.3 Å². The first-order valence-electron chi connectivity index (χ1n) is 6.00. The lowest BCUT2D eigenvalue weighted by Gasteiger charge is -2.08. The molecule has 3 heteroatoms. The molecule has 1 aromatic carbocycles. The molecule has 1 unspecified atom stereocenters. The van der Waals surface area contributed by atoms with Gasteiger partial charge in [-0.3, -0.25) is 0 Å². The molecular formula is C13H16N2S. The quantitative estimate of drug-likeness (QED) is 0.817. The van der Waals surface area contributed by atoms with Gasteiger partial charge >= 0.3 is 0 Å². The van der Waals surface area contributed by atoms with Crippen LogP contribution in [0, 0.1) is 0 Å². The molecule has 0 spiro atoms. The fourth-order valence-corrected chi connectivity index (χ4v) is 3.47. The largest absolute Gasteiger partial charge is 0.317 e. The van der Waals surface area contributed by atoms with Gasteiger partial charge in [-0.2, -0.15) is 0 Å². The van der Waals surface area contributed by atoms with Gasteiger partial charge in [-0.25, -0.2) is 4.98 Å². The number of hydrogen-bond acceptors (Lipinski definition) is 3. The molecule has 2 nitrogen and oxygen atoms in total. The number of fused-ring (bicyclic) bond motifs is 1. The fourth-order valence-electron chi connectivity index (χ4n) is 2.33. The van der Waals surface area contributed by atoms with Crippen LogP contribution in [0.2, 0.25) is 0 Å². The van der Waals surface area contributed by atoms with Crippen LogP contribution in [-0.2, 0) is 0 Å². The van der Waals surface area contributed by atoms with Crippen molar-refractivity contribution < 1.29 is 0 Å². The van der Waals surface area contributed by atoms with E-state index in [2.05, 4.69) is 29.6 Å². The lowest BCUT2D eigenvalue weighted by atomic mass is 10.0. The summed E-state index contributed by atoms with van der Waals surface area (Å²) in [7, 11) is 0. The van der Waals surface area contributed by atoms with Crippen molar-refractivity contribution in [1.82, 2.24) is 10.3 Å². The summed E-state index contributed by atoms with van der Waals surface area (Å²) in [6.45, 7) is 2.31. The van der Waals surface area contributed by atoms with Crippen LogP contribution >= 0.6 is 11.3 Å². The van der Waals surface area contributed by atoms with Gasteiger partial charge < -0.3 is 5.32 Å². The zero-order chi connectivity index (χ0) is 10.8. The van der Waals surface area contributed by atoms with Gasteiger partial charge in [-0.05, 0) is 44.5 Å². The van der Waals surface area contributed by atoms with Crippen molar-refractivity contribution in [2.45, 2.75) is 25.2 Å². The highest BCUT2D eigenvalue weighted by atomic mass is 32.1. The summed E-state index contributed by atoms with van der Waals surface area (Å²) in [5, 5.41) is 4.80. The van der Waals surface area contributed by atoms with Crippen molar-refractivity contribution in [2.75, 3.05) is 13.1 Å². The van der Waals surface area contributed by atoms with Gasteiger partial charge in [0.1, 0.15) is 0 Å². The van der Waals surface area contributed by atoms with E-state index in [1.165, 1.54) is 41.0 Å². The standard InChI is InChI=1S/C13H16N2S/c1-2-6-12-11(5-1)15-13(16-12)10-4-3-8-14-9-7-10/h1-2,5-6,10,14H,3-4,7-9H2. The number of nitrogens with zero attached hydrogens (tertiary/aromatic N) is 1. The number of para-hydroxylation sites is 1. The molecule has 1 aliphatic heterocycles. The van der Waals surface area contributed by atoms with Crippen LogP contribution in [0.5, 0.6) is 0 Å². The third kappa shape index (κ3) is 1.97. The van der Waals surface area contributed by atoms with Crippen molar-refractivity contribution in [3.63, 3.8) is 0 Å². The minimum atomic E-state index is 0.674. The molecule has 84 valence electrons. The smallest absolute Gasteiger partial charge is 0.0969 e. The highest BCUT2D eigenvalue weighted by Gasteiger charge is 2.17. The Kier molecular flexibility index (Phi) is 2.89. The number of benzene rings is 1. The van der Waals surface area contributed by atoms with Crippen molar-refractivity contribution in [3.8, 4) is 0 Å². The zero-order valence-corrected chi connectivity index (χ0v) is 10.1. The maximum atomic E-state index is 4.77. The lowest BCUT2D eigenvalue weighted by molar-refractivity contribution is 0.607. The molecule has 2 aromatic rings. The predicted molar refractivity (Wildman–Crippen MR) is 69.1 cm³/mol. The van der Waals surface area contributed by atoms with E-state index in [1.807, 2.05) is 11.3 Å². The van der Waals surface area contributed by atoms with Crippen LogP contribution in [0.25, 0.3) is 10.2 Å². The second kappa shape index (κ2) is 4.52. The summed E-state index contributed by atoms with van der Waals surface area (Å²) in [6.07, 6.45) is 3.80. The highest BCUT2D eigenvalue weighted by molar-refractivity contribution is 7.18. The first-order valence-corrected chi connectivity index (χ1v) is 6.81. The topological polar surface area (TPSA) is 24.9 Å². The van der Waals surface area contributed by atoms with Crippen LogP contribution < -0.4 is 5.32 Å². The Labute approximate surface area is 99.7 Å². The zero-order valence-electron chi connectivity index (χ0n) is 9.28. The van der Waals surface area contributed by atoms with Gasteiger partial charge in [0.15, 0.2) is 0 Å². The van der Waals surface area contributed by atoms with E-state index in [1.54, 1.807) is 0 Å². The molecular weight excluding hydrogens is 216 g/mol. The van der Waals surface area contributed by atoms with Crippen molar-refractivity contribution in [1.29, 1.82) is 0 Å². The number of aromatic nitrogens is 1. The maximum absolute atomic E-state index is 4.77. The Hall–Kier alpha value is -0.930. The molecule has 2 heterocycles. The molecule has 0 aliphatic carbocycles. The molecule has 1 fully saturated rings. The molecule has 0 bridgehead atoms. The summed E-state index contributed by atoms with van der Waals surface area (Å²) in [5.41, 5.74) is 1.17. The summed E-state index contributed by atoms with van der Waals surface area (Å²) < 4.78 is 1.33. The highest BCUT2D eigenvalue weighted by Crippen LogP contribution is 2.32. The molecule has 1 aliphatic rings.